The van der Waals surface area contributed by atoms with Crippen molar-refractivity contribution in [3.8, 4) is 0 Å². The average molecular weight is 512 g/mol. The number of hydrogen-bond acceptors (Lipinski definition) is 2. The zero-order chi connectivity index (χ0) is 15.6. The number of carbonyl (C=O) groups excluding carboxylic acids is 1. The molecule has 1 aliphatic carbocycles. The fourth-order valence-corrected chi connectivity index (χ4v) is 5.07. The molecule has 0 unspecified atom stereocenters. The Balaban J connectivity index is 2.12. The minimum atomic E-state index is -0.170. The van der Waals surface area contributed by atoms with Gasteiger partial charge in [0.1, 0.15) is 6.10 Å². The van der Waals surface area contributed by atoms with E-state index in [-0.39, 0.29) is 12.1 Å². The molecule has 0 amide bonds. The number of carbonyl (C=O) groups is 1. The number of ether oxygens (including phenoxy) is 1. The molecule has 0 saturated heterocycles. The summed E-state index contributed by atoms with van der Waals surface area (Å²) < 4.78 is 8.03. The standard InChI is InChI=1S/C17H22I2O2/c1-10(2)15-5-4-11(3)6-16(15)21-17(20)12-7-13(18)9-14(19)8-12/h7-11,15-16H,4-6H2,1-3H3/t11-,15+,16-/m0/s1. The van der Waals surface area contributed by atoms with Crippen LogP contribution in [0.1, 0.15) is 50.4 Å². The molecule has 116 valence electrons. The largest absolute Gasteiger partial charge is 0.458 e. The van der Waals surface area contributed by atoms with Crippen LogP contribution in [0.25, 0.3) is 0 Å². The van der Waals surface area contributed by atoms with Crippen molar-refractivity contribution in [3.05, 3.63) is 30.9 Å². The van der Waals surface area contributed by atoms with E-state index in [4.69, 9.17) is 4.74 Å². The van der Waals surface area contributed by atoms with Crippen molar-refractivity contribution < 1.29 is 9.53 Å². The highest BCUT2D eigenvalue weighted by molar-refractivity contribution is 14.1. The highest BCUT2D eigenvalue weighted by Gasteiger charge is 2.33. The second kappa shape index (κ2) is 7.62. The van der Waals surface area contributed by atoms with Gasteiger partial charge in [0.15, 0.2) is 0 Å². The van der Waals surface area contributed by atoms with Gasteiger partial charge in [0.05, 0.1) is 5.56 Å². The normalized spacial score (nSPS) is 25.9. The van der Waals surface area contributed by atoms with Crippen LogP contribution in [-0.2, 0) is 4.74 Å². The van der Waals surface area contributed by atoms with Crippen LogP contribution in [-0.4, -0.2) is 12.1 Å². The molecule has 1 aromatic rings. The number of esters is 1. The van der Waals surface area contributed by atoms with E-state index in [0.29, 0.717) is 23.3 Å². The Hall–Kier alpha value is 0.150. The summed E-state index contributed by atoms with van der Waals surface area (Å²) in [4.78, 5) is 12.5. The molecule has 0 aliphatic heterocycles. The molecule has 2 rings (SSSR count). The lowest BCUT2D eigenvalue weighted by Crippen LogP contribution is -2.35. The van der Waals surface area contributed by atoms with Crippen LogP contribution in [0.2, 0.25) is 0 Å². The monoisotopic (exact) mass is 512 g/mol. The van der Waals surface area contributed by atoms with E-state index in [2.05, 4.69) is 72.0 Å². The molecule has 21 heavy (non-hydrogen) atoms. The first-order valence-corrected chi connectivity index (χ1v) is 9.69. The molecule has 0 radical (unpaired) electrons. The highest BCUT2D eigenvalue weighted by atomic mass is 127. The van der Waals surface area contributed by atoms with E-state index < -0.39 is 0 Å². The van der Waals surface area contributed by atoms with Gasteiger partial charge < -0.3 is 4.74 Å². The van der Waals surface area contributed by atoms with Crippen molar-refractivity contribution in [3.63, 3.8) is 0 Å². The lowest BCUT2D eigenvalue weighted by molar-refractivity contribution is -0.0174. The van der Waals surface area contributed by atoms with Crippen LogP contribution in [0.15, 0.2) is 18.2 Å². The fraction of sp³-hybridized carbons (Fsp3) is 0.588. The predicted molar refractivity (Wildman–Crippen MR) is 102 cm³/mol. The predicted octanol–water partition coefficient (Wildman–Crippen LogP) is 5.51. The summed E-state index contributed by atoms with van der Waals surface area (Å²) in [6, 6.07) is 5.86. The molecule has 2 nitrogen and oxygen atoms in total. The van der Waals surface area contributed by atoms with Gasteiger partial charge in [0.25, 0.3) is 0 Å². The number of halogens is 2. The molecule has 0 aromatic heterocycles. The molecule has 3 atom stereocenters. The molecule has 1 aliphatic rings. The molecule has 0 bridgehead atoms. The summed E-state index contributed by atoms with van der Waals surface area (Å²) in [5, 5.41) is 0. The molecule has 0 heterocycles. The second-order valence-electron chi connectivity index (χ2n) is 6.43. The van der Waals surface area contributed by atoms with E-state index >= 15 is 0 Å². The Bertz CT molecular complexity index is 493. The minimum absolute atomic E-state index is 0.0665. The van der Waals surface area contributed by atoms with Crippen LogP contribution in [0.4, 0.5) is 0 Å². The zero-order valence-corrected chi connectivity index (χ0v) is 17.1. The third-order valence-electron chi connectivity index (χ3n) is 4.32. The molecule has 4 heteroatoms. The molecule has 0 spiro atoms. The first-order valence-electron chi connectivity index (χ1n) is 7.54. The van der Waals surface area contributed by atoms with Crippen molar-refractivity contribution in [2.75, 3.05) is 0 Å². The lowest BCUT2D eigenvalue weighted by Gasteiger charge is -2.36. The summed E-state index contributed by atoms with van der Waals surface area (Å²) in [6.45, 7) is 6.72. The summed E-state index contributed by atoms with van der Waals surface area (Å²) in [5.41, 5.74) is 0.673. The maximum atomic E-state index is 12.5. The molecular weight excluding hydrogens is 490 g/mol. The van der Waals surface area contributed by atoms with Crippen molar-refractivity contribution in [2.45, 2.75) is 46.1 Å². The molecule has 0 N–H and O–H groups in total. The minimum Gasteiger partial charge on any atom is -0.458 e. The van der Waals surface area contributed by atoms with Crippen LogP contribution >= 0.6 is 45.2 Å². The molecule has 1 saturated carbocycles. The maximum absolute atomic E-state index is 12.5. The molecule has 1 aromatic carbocycles. The Morgan fingerprint density at radius 2 is 1.81 bits per heavy atom. The topological polar surface area (TPSA) is 26.3 Å². The number of hydrogen-bond donors (Lipinski definition) is 0. The SMILES string of the molecule is CC(C)[C@H]1CC[C@H](C)C[C@@H]1OC(=O)c1cc(I)cc(I)c1. The highest BCUT2D eigenvalue weighted by Crippen LogP contribution is 2.35. The van der Waals surface area contributed by atoms with Gasteiger partial charge in [0.2, 0.25) is 0 Å². The summed E-state index contributed by atoms with van der Waals surface area (Å²) in [5.74, 6) is 1.53. The van der Waals surface area contributed by atoms with Gasteiger partial charge in [-0.15, -0.1) is 0 Å². The third-order valence-corrected chi connectivity index (χ3v) is 5.56. The van der Waals surface area contributed by atoms with Crippen LogP contribution in [0.5, 0.6) is 0 Å². The van der Waals surface area contributed by atoms with Gasteiger partial charge in [-0.3, -0.25) is 0 Å². The molecule has 1 fully saturated rings. The van der Waals surface area contributed by atoms with Gasteiger partial charge >= 0.3 is 5.97 Å². The van der Waals surface area contributed by atoms with Gasteiger partial charge in [-0.25, -0.2) is 4.79 Å². The fourth-order valence-electron chi connectivity index (χ4n) is 3.13. The van der Waals surface area contributed by atoms with E-state index in [0.717, 1.165) is 13.6 Å². The van der Waals surface area contributed by atoms with E-state index in [1.165, 1.54) is 12.8 Å². The summed E-state index contributed by atoms with van der Waals surface area (Å²) in [6.07, 6.45) is 3.48. The maximum Gasteiger partial charge on any atom is 0.338 e. The van der Waals surface area contributed by atoms with Crippen molar-refractivity contribution in [1.82, 2.24) is 0 Å². The van der Waals surface area contributed by atoms with Gasteiger partial charge in [-0.1, -0.05) is 27.2 Å². The average Bonchev–Trinajstić information content (AvgIpc) is 2.37. The Morgan fingerprint density at radius 1 is 1.19 bits per heavy atom. The van der Waals surface area contributed by atoms with E-state index in [9.17, 15) is 4.79 Å². The second-order valence-corrected chi connectivity index (χ2v) is 8.92. The zero-order valence-electron chi connectivity index (χ0n) is 12.7. The van der Waals surface area contributed by atoms with Gasteiger partial charge in [0, 0.05) is 7.14 Å². The Morgan fingerprint density at radius 3 is 2.38 bits per heavy atom. The Labute approximate surface area is 154 Å². The van der Waals surface area contributed by atoms with Crippen LogP contribution in [0, 0.1) is 24.9 Å². The molecular formula is C17H22I2O2. The number of benzene rings is 1. The smallest absolute Gasteiger partial charge is 0.338 e. The van der Waals surface area contributed by atoms with Gasteiger partial charge in [-0.05, 0) is 94.0 Å². The first kappa shape index (κ1) is 17.5. The first-order chi connectivity index (χ1) is 9.86. The van der Waals surface area contributed by atoms with E-state index in [1.54, 1.807) is 0 Å². The van der Waals surface area contributed by atoms with Crippen molar-refractivity contribution in [1.29, 1.82) is 0 Å². The van der Waals surface area contributed by atoms with Crippen LogP contribution < -0.4 is 0 Å². The quantitative estimate of drug-likeness (QED) is 0.395. The number of rotatable bonds is 3. The Kier molecular flexibility index (Phi) is 6.35. The van der Waals surface area contributed by atoms with Crippen molar-refractivity contribution >= 4 is 51.2 Å². The summed E-state index contributed by atoms with van der Waals surface area (Å²) in [7, 11) is 0. The lowest BCUT2D eigenvalue weighted by atomic mass is 9.75. The summed E-state index contributed by atoms with van der Waals surface area (Å²) >= 11 is 4.48. The van der Waals surface area contributed by atoms with E-state index in [1.807, 2.05) is 12.1 Å². The van der Waals surface area contributed by atoms with Gasteiger partial charge in [-0.2, -0.15) is 0 Å². The van der Waals surface area contributed by atoms with Crippen LogP contribution in [0.3, 0.4) is 0 Å². The van der Waals surface area contributed by atoms with Crippen molar-refractivity contribution in [2.24, 2.45) is 17.8 Å². The third kappa shape index (κ3) is 4.81.